The number of amides is 1. The lowest BCUT2D eigenvalue weighted by atomic mass is 10.1. The van der Waals surface area contributed by atoms with Crippen molar-refractivity contribution < 1.29 is 19.2 Å². The number of halogens is 1. The molecule has 0 aliphatic carbocycles. The van der Waals surface area contributed by atoms with E-state index in [0.29, 0.717) is 15.7 Å². The topological polar surface area (TPSA) is 127 Å². The zero-order valence-corrected chi connectivity index (χ0v) is 17.9. The molecule has 0 aliphatic rings. The van der Waals surface area contributed by atoms with Crippen LogP contribution in [0.25, 0.3) is 10.9 Å². The Hall–Kier alpha value is -4.05. The van der Waals surface area contributed by atoms with Gasteiger partial charge in [-0.3, -0.25) is 20.0 Å². The first kappa shape index (κ1) is 21.2. The van der Waals surface area contributed by atoms with Gasteiger partial charge >= 0.3 is 5.97 Å². The Bertz CT molecular complexity index is 1320. The summed E-state index contributed by atoms with van der Waals surface area (Å²) in [5, 5.41) is 21.0. The lowest BCUT2D eigenvalue weighted by Crippen LogP contribution is -2.26. The molecule has 0 saturated heterocycles. The summed E-state index contributed by atoms with van der Waals surface area (Å²) in [6.45, 7) is 0. The minimum Gasteiger partial charge on any atom is -0.444 e. The van der Waals surface area contributed by atoms with Crippen molar-refractivity contribution in [2.75, 3.05) is 5.32 Å². The molecule has 160 valence electrons. The number of aromatic amines is 1. The molecule has 0 bridgehead atoms. The second-order valence-electron chi connectivity index (χ2n) is 6.78. The molecule has 1 amide bonds. The maximum absolute atomic E-state index is 13.1. The van der Waals surface area contributed by atoms with E-state index >= 15 is 0 Å². The lowest BCUT2D eigenvalue weighted by molar-refractivity contribution is -0.384. The number of H-pyrrole nitrogens is 1. The zero-order valence-electron chi connectivity index (χ0n) is 16.3. The van der Waals surface area contributed by atoms with Gasteiger partial charge in [0.15, 0.2) is 0 Å². The molecule has 10 heteroatoms. The van der Waals surface area contributed by atoms with Crippen molar-refractivity contribution in [2.45, 2.75) is 6.10 Å². The number of fused-ring (bicyclic) bond motifs is 1. The number of nitrogens with one attached hydrogen (secondary N) is 2. The molecular formula is C22H15BrN4O5. The monoisotopic (exact) mass is 494 g/mol. The number of non-ortho nitro benzene ring substituents is 1. The van der Waals surface area contributed by atoms with E-state index in [-0.39, 0.29) is 11.3 Å². The summed E-state index contributed by atoms with van der Waals surface area (Å²) in [4.78, 5) is 36.3. The molecule has 4 rings (SSSR count). The van der Waals surface area contributed by atoms with E-state index < -0.39 is 22.9 Å². The number of benzene rings is 3. The second kappa shape index (κ2) is 8.98. The first-order chi connectivity index (χ1) is 15.4. The standard InChI is InChI=1S/C22H15BrN4O5/c23-17-11-16(27(30)31)7-9-19(17)25-21(28)20(13-4-2-1-3-5-13)32-22(29)14-6-8-18-15(10-14)12-24-26-18/h1-12,20H,(H,24,26)(H,25,28). The number of nitro groups is 1. The largest absolute Gasteiger partial charge is 0.444 e. The van der Waals surface area contributed by atoms with E-state index in [4.69, 9.17) is 4.74 Å². The van der Waals surface area contributed by atoms with Gasteiger partial charge in [-0.1, -0.05) is 30.3 Å². The predicted molar refractivity (Wildman–Crippen MR) is 120 cm³/mol. The number of ether oxygens (including phenoxy) is 1. The molecule has 3 aromatic carbocycles. The van der Waals surface area contributed by atoms with Crippen LogP contribution >= 0.6 is 15.9 Å². The first-order valence-electron chi connectivity index (χ1n) is 9.36. The van der Waals surface area contributed by atoms with Crippen molar-refractivity contribution in [3.63, 3.8) is 0 Å². The fraction of sp³-hybridized carbons (Fsp3) is 0.0455. The Labute approximate surface area is 189 Å². The highest BCUT2D eigenvalue weighted by atomic mass is 79.9. The summed E-state index contributed by atoms with van der Waals surface area (Å²) >= 11 is 3.22. The van der Waals surface area contributed by atoms with Crippen molar-refractivity contribution in [1.82, 2.24) is 10.2 Å². The Morgan fingerprint density at radius 1 is 1.09 bits per heavy atom. The van der Waals surface area contributed by atoms with E-state index in [9.17, 15) is 19.7 Å². The third kappa shape index (κ3) is 4.49. The lowest BCUT2D eigenvalue weighted by Gasteiger charge is -2.18. The number of rotatable bonds is 6. The molecule has 0 spiro atoms. The number of esters is 1. The van der Waals surface area contributed by atoms with Gasteiger partial charge in [-0.25, -0.2) is 4.79 Å². The molecule has 1 atom stereocenters. The molecular weight excluding hydrogens is 480 g/mol. The normalized spacial score (nSPS) is 11.7. The third-order valence-corrected chi connectivity index (χ3v) is 5.32. The third-order valence-electron chi connectivity index (χ3n) is 4.66. The number of aromatic nitrogens is 2. The summed E-state index contributed by atoms with van der Waals surface area (Å²) in [6, 6.07) is 17.4. The van der Waals surface area contributed by atoms with Crippen LogP contribution in [0.5, 0.6) is 0 Å². The van der Waals surface area contributed by atoms with Crippen LogP contribution in [0.3, 0.4) is 0 Å². The van der Waals surface area contributed by atoms with Gasteiger partial charge in [-0.05, 0) is 40.2 Å². The van der Waals surface area contributed by atoms with E-state index in [1.54, 1.807) is 54.7 Å². The quantitative estimate of drug-likeness (QED) is 0.225. The minimum atomic E-state index is -1.24. The average Bonchev–Trinajstić information content (AvgIpc) is 3.27. The van der Waals surface area contributed by atoms with Crippen molar-refractivity contribution in [3.05, 3.63) is 98.6 Å². The highest BCUT2D eigenvalue weighted by Crippen LogP contribution is 2.29. The Morgan fingerprint density at radius 2 is 1.88 bits per heavy atom. The number of carbonyl (C=O) groups is 2. The average molecular weight is 495 g/mol. The molecule has 9 nitrogen and oxygen atoms in total. The van der Waals surface area contributed by atoms with Gasteiger partial charge in [0.2, 0.25) is 6.10 Å². The van der Waals surface area contributed by atoms with Gasteiger partial charge in [0.1, 0.15) is 0 Å². The zero-order chi connectivity index (χ0) is 22.7. The smallest absolute Gasteiger partial charge is 0.339 e. The van der Waals surface area contributed by atoms with Gasteiger partial charge < -0.3 is 10.1 Å². The van der Waals surface area contributed by atoms with Gasteiger partial charge in [0.25, 0.3) is 11.6 Å². The number of anilines is 1. The Kier molecular flexibility index (Phi) is 5.95. The van der Waals surface area contributed by atoms with E-state index in [2.05, 4.69) is 31.4 Å². The summed E-state index contributed by atoms with van der Waals surface area (Å²) in [5.74, 6) is -1.29. The highest BCUT2D eigenvalue weighted by molar-refractivity contribution is 9.10. The molecule has 1 heterocycles. The summed E-state index contributed by atoms with van der Waals surface area (Å²) in [5.41, 5.74) is 1.68. The second-order valence-corrected chi connectivity index (χ2v) is 7.63. The molecule has 2 N–H and O–H groups in total. The van der Waals surface area contributed by atoms with Gasteiger partial charge in [-0.2, -0.15) is 5.10 Å². The molecule has 0 fully saturated rings. The Balaban J connectivity index is 1.60. The predicted octanol–water partition coefficient (Wildman–Crippen LogP) is 4.77. The van der Waals surface area contributed by atoms with E-state index in [1.807, 2.05) is 0 Å². The number of nitrogens with zero attached hydrogens (tertiary/aromatic N) is 2. The highest BCUT2D eigenvalue weighted by Gasteiger charge is 2.26. The van der Waals surface area contributed by atoms with Crippen LogP contribution in [-0.2, 0) is 9.53 Å². The van der Waals surface area contributed by atoms with Crippen LogP contribution in [0.15, 0.2) is 77.4 Å². The van der Waals surface area contributed by atoms with Crippen LogP contribution in [0, 0.1) is 10.1 Å². The van der Waals surface area contributed by atoms with Crippen LogP contribution in [0.2, 0.25) is 0 Å². The molecule has 1 unspecified atom stereocenters. The fourth-order valence-electron chi connectivity index (χ4n) is 3.06. The van der Waals surface area contributed by atoms with Crippen molar-refractivity contribution >= 4 is 50.1 Å². The number of hydrogen-bond donors (Lipinski definition) is 2. The number of nitro benzene ring substituents is 1. The molecule has 32 heavy (non-hydrogen) atoms. The van der Waals surface area contributed by atoms with Crippen molar-refractivity contribution in [3.8, 4) is 0 Å². The van der Waals surface area contributed by atoms with Crippen LogP contribution in [-0.4, -0.2) is 27.0 Å². The van der Waals surface area contributed by atoms with Crippen LogP contribution in [0.4, 0.5) is 11.4 Å². The molecule has 1 aromatic heterocycles. The minimum absolute atomic E-state index is 0.129. The van der Waals surface area contributed by atoms with E-state index in [0.717, 1.165) is 10.9 Å². The van der Waals surface area contributed by atoms with Crippen molar-refractivity contribution in [2.24, 2.45) is 0 Å². The van der Waals surface area contributed by atoms with Crippen molar-refractivity contribution in [1.29, 1.82) is 0 Å². The fourth-order valence-corrected chi connectivity index (χ4v) is 3.53. The number of hydrogen-bond acceptors (Lipinski definition) is 6. The van der Waals surface area contributed by atoms with Gasteiger partial charge in [0, 0.05) is 27.6 Å². The molecule has 4 aromatic rings. The summed E-state index contributed by atoms with van der Waals surface area (Å²) in [7, 11) is 0. The summed E-state index contributed by atoms with van der Waals surface area (Å²) in [6.07, 6.45) is 0.338. The van der Waals surface area contributed by atoms with Gasteiger partial charge in [0.05, 0.1) is 27.9 Å². The first-order valence-corrected chi connectivity index (χ1v) is 10.2. The Morgan fingerprint density at radius 3 is 2.59 bits per heavy atom. The molecule has 0 radical (unpaired) electrons. The maximum atomic E-state index is 13.1. The molecule has 0 aliphatic heterocycles. The molecule has 0 saturated carbocycles. The summed E-state index contributed by atoms with van der Waals surface area (Å²) < 4.78 is 5.90. The van der Waals surface area contributed by atoms with E-state index in [1.165, 1.54) is 18.2 Å². The van der Waals surface area contributed by atoms with Crippen LogP contribution in [0.1, 0.15) is 22.0 Å². The van der Waals surface area contributed by atoms with Gasteiger partial charge in [-0.15, -0.1) is 0 Å². The van der Waals surface area contributed by atoms with Crippen LogP contribution < -0.4 is 5.32 Å². The maximum Gasteiger partial charge on any atom is 0.339 e. The SMILES string of the molecule is O=C(OC(C(=O)Nc1ccc([N+](=O)[O-])cc1Br)c1ccccc1)c1ccc2[nH]ncc2c1. The number of carbonyl (C=O) groups excluding carboxylic acids is 2.